The Hall–Kier alpha value is -1.85. The summed E-state index contributed by atoms with van der Waals surface area (Å²) < 4.78 is 0. The van der Waals surface area contributed by atoms with Crippen LogP contribution in [0, 0.1) is 13.8 Å². The molecule has 1 saturated heterocycles. The van der Waals surface area contributed by atoms with Gasteiger partial charge in [-0.1, -0.05) is 18.2 Å². The second-order valence-corrected chi connectivity index (χ2v) is 7.35. The lowest BCUT2D eigenvalue weighted by Gasteiger charge is -2.12. The number of hydrogen-bond donors (Lipinski definition) is 0. The van der Waals surface area contributed by atoms with Crippen LogP contribution in [0.2, 0.25) is 0 Å². The quantitative estimate of drug-likeness (QED) is 0.736. The maximum atomic E-state index is 12.6. The van der Waals surface area contributed by atoms with Crippen LogP contribution >= 0.6 is 23.1 Å². The third kappa shape index (κ3) is 3.41. The van der Waals surface area contributed by atoms with Crippen LogP contribution in [0.15, 0.2) is 45.6 Å². The average molecular weight is 342 g/mol. The minimum atomic E-state index is 0.0370. The highest BCUT2D eigenvalue weighted by molar-refractivity contribution is 8.18. The summed E-state index contributed by atoms with van der Waals surface area (Å²) in [4.78, 5) is 20.9. The molecule has 0 radical (unpaired) electrons. The van der Waals surface area contributed by atoms with Crippen molar-refractivity contribution in [3.05, 3.63) is 56.6 Å². The Balaban J connectivity index is 1.97. The lowest BCUT2D eigenvalue weighted by molar-refractivity contribution is -0.122. The summed E-state index contributed by atoms with van der Waals surface area (Å²) in [5.74, 6) is 0.0370. The van der Waals surface area contributed by atoms with Crippen LogP contribution in [0.25, 0.3) is 6.08 Å². The zero-order valence-electron chi connectivity index (χ0n) is 13.4. The van der Waals surface area contributed by atoms with Gasteiger partial charge < -0.3 is 0 Å². The van der Waals surface area contributed by atoms with Crippen molar-refractivity contribution in [1.29, 1.82) is 0 Å². The van der Waals surface area contributed by atoms with Crippen LogP contribution in [0.1, 0.15) is 22.9 Å². The third-order valence-electron chi connectivity index (χ3n) is 3.60. The van der Waals surface area contributed by atoms with Crippen molar-refractivity contribution < 1.29 is 4.79 Å². The monoisotopic (exact) mass is 342 g/mol. The van der Waals surface area contributed by atoms with E-state index in [9.17, 15) is 4.79 Å². The van der Waals surface area contributed by atoms with E-state index in [1.807, 2.05) is 37.4 Å². The molecule has 2 aromatic rings. The predicted octanol–water partition coefficient (Wildman–Crippen LogP) is 4.99. The van der Waals surface area contributed by atoms with Gasteiger partial charge in [-0.25, -0.2) is 4.99 Å². The Kier molecular flexibility index (Phi) is 4.68. The number of amides is 1. The molecule has 0 bridgehead atoms. The van der Waals surface area contributed by atoms with E-state index in [0.717, 1.165) is 26.2 Å². The Morgan fingerprint density at radius 3 is 2.78 bits per heavy atom. The standard InChI is InChI=1S/C18H18N2OS2/c1-4-20-17(21)16(11-14-6-5-9-22-14)23-18(20)19-15-10-12(2)7-8-13(15)3/h5-11H,4H2,1-3H3/b16-11+,19-18?. The summed E-state index contributed by atoms with van der Waals surface area (Å²) in [6.07, 6.45) is 1.95. The van der Waals surface area contributed by atoms with Gasteiger partial charge in [-0.15, -0.1) is 11.3 Å². The molecule has 5 heteroatoms. The molecule has 1 aliphatic heterocycles. The zero-order chi connectivity index (χ0) is 16.4. The topological polar surface area (TPSA) is 32.7 Å². The SMILES string of the molecule is CCN1C(=O)/C(=C\c2cccs2)SC1=Nc1cc(C)ccc1C. The maximum absolute atomic E-state index is 12.6. The largest absolute Gasteiger partial charge is 0.287 e. The van der Waals surface area contributed by atoms with Crippen molar-refractivity contribution in [1.82, 2.24) is 4.90 Å². The minimum absolute atomic E-state index is 0.0370. The van der Waals surface area contributed by atoms with Crippen molar-refractivity contribution in [2.45, 2.75) is 20.8 Å². The number of hydrogen-bond acceptors (Lipinski definition) is 4. The van der Waals surface area contributed by atoms with Gasteiger partial charge in [0, 0.05) is 11.4 Å². The third-order valence-corrected chi connectivity index (χ3v) is 5.43. The number of aliphatic imine (C=N–C) groups is 1. The van der Waals surface area contributed by atoms with E-state index >= 15 is 0 Å². The molecular weight excluding hydrogens is 324 g/mol. The van der Waals surface area contributed by atoms with Crippen molar-refractivity contribution in [3.63, 3.8) is 0 Å². The highest BCUT2D eigenvalue weighted by Crippen LogP contribution is 2.35. The number of amidine groups is 1. The molecule has 23 heavy (non-hydrogen) atoms. The van der Waals surface area contributed by atoms with Crippen molar-refractivity contribution in [2.24, 2.45) is 4.99 Å². The van der Waals surface area contributed by atoms with Gasteiger partial charge in [0.25, 0.3) is 5.91 Å². The molecule has 1 aliphatic rings. The summed E-state index contributed by atoms with van der Waals surface area (Å²) in [6.45, 7) is 6.69. The van der Waals surface area contributed by atoms with Crippen molar-refractivity contribution >= 4 is 45.9 Å². The molecule has 0 atom stereocenters. The van der Waals surface area contributed by atoms with E-state index in [1.54, 1.807) is 16.2 Å². The van der Waals surface area contributed by atoms with E-state index in [2.05, 4.69) is 25.1 Å². The summed E-state index contributed by atoms with van der Waals surface area (Å²) in [6, 6.07) is 10.2. The fraction of sp³-hybridized carbons (Fsp3) is 0.222. The summed E-state index contributed by atoms with van der Waals surface area (Å²) in [7, 11) is 0. The Labute approximate surface area is 144 Å². The molecule has 1 aromatic carbocycles. The van der Waals surface area contributed by atoms with E-state index in [-0.39, 0.29) is 5.91 Å². The van der Waals surface area contributed by atoms with Gasteiger partial charge in [-0.3, -0.25) is 9.69 Å². The van der Waals surface area contributed by atoms with Gasteiger partial charge in [0.1, 0.15) is 0 Å². The first-order valence-electron chi connectivity index (χ1n) is 7.49. The summed E-state index contributed by atoms with van der Waals surface area (Å²) in [5, 5.41) is 2.77. The Morgan fingerprint density at radius 2 is 2.09 bits per heavy atom. The van der Waals surface area contributed by atoms with Crippen LogP contribution in [0.5, 0.6) is 0 Å². The highest BCUT2D eigenvalue weighted by atomic mass is 32.2. The fourth-order valence-electron chi connectivity index (χ4n) is 2.32. The second-order valence-electron chi connectivity index (χ2n) is 5.36. The Bertz CT molecular complexity index is 791. The van der Waals surface area contributed by atoms with E-state index < -0.39 is 0 Å². The second kappa shape index (κ2) is 6.72. The lowest BCUT2D eigenvalue weighted by Crippen LogP contribution is -2.28. The number of benzene rings is 1. The number of likely N-dealkylation sites (N-methyl/N-ethyl adjacent to an activating group) is 1. The number of rotatable bonds is 3. The average Bonchev–Trinajstić information content (AvgIpc) is 3.12. The molecule has 0 unspecified atom stereocenters. The number of thioether (sulfide) groups is 1. The van der Waals surface area contributed by atoms with Crippen LogP contribution in [0.3, 0.4) is 0 Å². The number of nitrogens with zero attached hydrogens (tertiary/aromatic N) is 2. The van der Waals surface area contributed by atoms with Crippen LogP contribution in [0.4, 0.5) is 5.69 Å². The Morgan fingerprint density at radius 1 is 1.26 bits per heavy atom. The smallest absolute Gasteiger partial charge is 0.266 e. The first-order valence-corrected chi connectivity index (χ1v) is 9.19. The molecule has 118 valence electrons. The molecule has 1 fully saturated rings. The molecule has 0 N–H and O–H groups in total. The molecule has 0 spiro atoms. The normalized spacial score (nSPS) is 18.4. The fourth-order valence-corrected chi connectivity index (χ4v) is 4.09. The summed E-state index contributed by atoms with van der Waals surface area (Å²) in [5.41, 5.74) is 3.21. The van der Waals surface area contributed by atoms with Crippen LogP contribution < -0.4 is 0 Å². The van der Waals surface area contributed by atoms with E-state index in [0.29, 0.717) is 6.54 Å². The van der Waals surface area contributed by atoms with E-state index in [4.69, 9.17) is 4.99 Å². The van der Waals surface area contributed by atoms with Gasteiger partial charge in [-0.05, 0) is 67.2 Å². The van der Waals surface area contributed by atoms with Gasteiger partial charge >= 0.3 is 0 Å². The first-order chi connectivity index (χ1) is 11.1. The lowest BCUT2D eigenvalue weighted by atomic mass is 10.1. The number of thiophene rings is 1. The molecule has 2 heterocycles. The number of carbonyl (C=O) groups is 1. The van der Waals surface area contributed by atoms with Gasteiger partial charge in [0.15, 0.2) is 5.17 Å². The summed E-state index contributed by atoms with van der Waals surface area (Å²) >= 11 is 3.08. The number of aryl methyl sites for hydroxylation is 2. The molecule has 0 saturated carbocycles. The minimum Gasteiger partial charge on any atom is -0.287 e. The zero-order valence-corrected chi connectivity index (χ0v) is 15.0. The maximum Gasteiger partial charge on any atom is 0.266 e. The molecular formula is C18H18N2OS2. The molecule has 0 aliphatic carbocycles. The van der Waals surface area contributed by atoms with Crippen molar-refractivity contribution in [2.75, 3.05) is 6.54 Å². The molecule has 3 nitrogen and oxygen atoms in total. The molecule has 1 amide bonds. The predicted molar refractivity (Wildman–Crippen MR) is 100 cm³/mol. The highest BCUT2D eigenvalue weighted by Gasteiger charge is 2.32. The number of carbonyl (C=O) groups excluding carboxylic acids is 1. The van der Waals surface area contributed by atoms with Gasteiger partial charge in [0.2, 0.25) is 0 Å². The first kappa shape index (κ1) is 16.0. The van der Waals surface area contributed by atoms with Crippen LogP contribution in [-0.2, 0) is 4.79 Å². The van der Waals surface area contributed by atoms with E-state index in [1.165, 1.54) is 17.3 Å². The van der Waals surface area contributed by atoms with Crippen LogP contribution in [-0.4, -0.2) is 22.5 Å². The molecule has 3 rings (SSSR count). The van der Waals surface area contributed by atoms with Gasteiger partial charge in [-0.2, -0.15) is 0 Å². The molecule has 1 aromatic heterocycles. The van der Waals surface area contributed by atoms with Crippen molar-refractivity contribution in [3.8, 4) is 0 Å². The van der Waals surface area contributed by atoms with Gasteiger partial charge in [0.05, 0.1) is 10.6 Å².